The molecule has 0 saturated heterocycles. The van der Waals surface area contributed by atoms with Gasteiger partial charge >= 0.3 is 0 Å². The summed E-state index contributed by atoms with van der Waals surface area (Å²) in [5.74, 6) is -3.98. The van der Waals surface area contributed by atoms with Crippen LogP contribution in [0, 0.1) is 30.2 Å². The zero-order chi connectivity index (χ0) is 15.7. The highest BCUT2D eigenvalue weighted by molar-refractivity contribution is 7.80. The molecule has 110 valence electrons. The minimum atomic E-state index is -1.28. The molecule has 0 aliphatic heterocycles. The number of hydrogen-bond donors (Lipinski definition) is 2. The van der Waals surface area contributed by atoms with E-state index in [2.05, 4.69) is 17.5 Å². The average Bonchev–Trinajstić information content (AvgIpc) is 2.40. The molecule has 0 spiro atoms. The third kappa shape index (κ3) is 2.97. The van der Waals surface area contributed by atoms with Crippen molar-refractivity contribution < 1.29 is 17.6 Å². The molecule has 2 aromatic rings. The second kappa shape index (κ2) is 5.69. The molecular weight excluding hydrogens is 304 g/mol. The third-order valence-corrected chi connectivity index (χ3v) is 3.09. The van der Waals surface area contributed by atoms with Crippen LogP contribution in [-0.2, 0) is 0 Å². The first-order chi connectivity index (χ1) is 9.81. The van der Waals surface area contributed by atoms with Gasteiger partial charge in [0.2, 0.25) is 0 Å². The Morgan fingerprint density at radius 2 is 1.67 bits per heavy atom. The zero-order valence-electron chi connectivity index (χ0n) is 10.8. The van der Waals surface area contributed by atoms with Crippen molar-refractivity contribution >= 4 is 28.6 Å². The number of benzene rings is 2. The van der Waals surface area contributed by atoms with Gasteiger partial charge in [-0.1, -0.05) is 12.2 Å². The Bertz CT molecular complexity index is 731. The van der Waals surface area contributed by atoms with E-state index in [1.54, 1.807) is 0 Å². The molecule has 7 heteroatoms. The van der Waals surface area contributed by atoms with Gasteiger partial charge < -0.3 is 11.1 Å². The van der Waals surface area contributed by atoms with Crippen LogP contribution >= 0.6 is 12.2 Å². The van der Waals surface area contributed by atoms with Crippen LogP contribution in [-0.4, -0.2) is 4.99 Å². The van der Waals surface area contributed by atoms with E-state index in [-0.39, 0.29) is 27.5 Å². The molecule has 2 rings (SSSR count). The fourth-order valence-electron chi connectivity index (χ4n) is 1.72. The van der Waals surface area contributed by atoms with Crippen molar-refractivity contribution in [3.63, 3.8) is 0 Å². The predicted molar refractivity (Wildman–Crippen MR) is 76.6 cm³/mol. The Morgan fingerprint density at radius 1 is 1.00 bits per heavy atom. The smallest absolute Gasteiger partial charge is 0.182 e. The minimum absolute atomic E-state index is 0.105. The molecule has 0 fully saturated rings. The molecule has 0 heterocycles. The Labute approximate surface area is 123 Å². The van der Waals surface area contributed by atoms with Crippen LogP contribution in [0.3, 0.4) is 0 Å². The van der Waals surface area contributed by atoms with E-state index in [1.807, 2.05) is 0 Å². The van der Waals surface area contributed by atoms with Crippen molar-refractivity contribution in [2.75, 3.05) is 5.32 Å². The van der Waals surface area contributed by atoms with Crippen molar-refractivity contribution in [3.8, 4) is 0 Å². The molecule has 0 amide bonds. The maximum atomic E-state index is 13.9. The number of nitrogens with two attached hydrogens (primary N) is 1. The lowest BCUT2D eigenvalue weighted by molar-refractivity contribution is 0.510. The van der Waals surface area contributed by atoms with Crippen molar-refractivity contribution in [3.05, 3.63) is 58.7 Å². The van der Waals surface area contributed by atoms with Gasteiger partial charge in [-0.2, -0.15) is 0 Å². The fraction of sp³-hybridized carbons (Fsp3) is 0.0714. The minimum Gasteiger partial charge on any atom is -0.389 e. The molecule has 0 bridgehead atoms. The van der Waals surface area contributed by atoms with Crippen molar-refractivity contribution in [2.45, 2.75) is 6.92 Å². The van der Waals surface area contributed by atoms with Crippen LogP contribution in [0.15, 0.2) is 24.3 Å². The summed E-state index contributed by atoms with van der Waals surface area (Å²) in [7, 11) is 0. The van der Waals surface area contributed by atoms with Gasteiger partial charge in [0.1, 0.15) is 16.6 Å². The van der Waals surface area contributed by atoms with Gasteiger partial charge in [0.05, 0.1) is 11.4 Å². The summed E-state index contributed by atoms with van der Waals surface area (Å²) < 4.78 is 54.6. The molecule has 0 unspecified atom stereocenters. The maximum absolute atomic E-state index is 13.9. The number of nitrogens with one attached hydrogen (secondary N) is 1. The van der Waals surface area contributed by atoms with Gasteiger partial charge in [-0.3, -0.25) is 0 Å². The fourth-order valence-corrected chi connectivity index (χ4v) is 1.88. The van der Waals surface area contributed by atoms with Gasteiger partial charge in [-0.25, -0.2) is 17.6 Å². The Balaban J connectivity index is 2.43. The van der Waals surface area contributed by atoms with Gasteiger partial charge in [-0.05, 0) is 30.7 Å². The lowest BCUT2D eigenvalue weighted by Gasteiger charge is -2.11. The van der Waals surface area contributed by atoms with Crippen molar-refractivity contribution in [2.24, 2.45) is 5.73 Å². The van der Waals surface area contributed by atoms with E-state index in [0.29, 0.717) is 0 Å². The molecule has 0 saturated carbocycles. The van der Waals surface area contributed by atoms with Gasteiger partial charge in [0.25, 0.3) is 0 Å². The SMILES string of the molecule is Cc1cc(F)c(Nc2ccc(C(N)=S)c(F)c2F)cc1F. The second-order valence-corrected chi connectivity index (χ2v) is 4.80. The van der Waals surface area contributed by atoms with Crippen LogP contribution < -0.4 is 11.1 Å². The number of rotatable bonds is 3. The number of halogens is 4. The van der Waals surface area contributed by atoms with Crippen LogP contribution in [0.5, 0.6) is 0 Å². The number of aryl methyl sites for hydroxylation is 1. The highest BCUT2D eigenvalue weighted by Gasteiger charge is 2.16. The van der Waals surface area contributed by atoms with E-state index in [4.69, 9.17) is 5.73 Å². The van der Waals surface area contributed by atoms with Crippen molar-refractivity contribution in [1.82, 2.24) is 0 Å². The topological polar surface area (TPSA) is 38.0 Å². The van der Waals surface area contributed by atoms with Gasteiger partial charge in [-0.15, -0.1) is 0 Å². The highest BCUT2D eigenvalue weighted by Crippen LogP contribution is 2.27. The number of hydrogen-bond acceptors (Lipinski definition) is 2. The lowest BCUT2D eigenvalue weighted by Crippen LogP contribution is -2.13. The van der Waals surface area contributed by atoms with Crippen LogP contribution in [0.1, 0.15) is 11.1 Å². The summed E-state index contributed by atoms with van der Waals surface area (Å²) in [5.41, 5.74) is 4.43. The second-order valence-electron chi connectivity index (χ2n) is 4.36. The van der Waals surface area contributed by atoms with Gasteiger partial charge in [0, 0.05) is 11.6 Å². The standard InChI is InChI=1S/C14H10F4N2S/c1-6-4-9(16)11(5-8(6)15)20-10-3-2-7(14(19)21)12(17)13(10)18/h2-5,20H,1H3,(H2,19,21). The highest BCUT2D eigenvalue weighted by atomic mass is 32.1. The summed E-state index contributed by atoms with van der Waals surface area (Å²) in [6, 6.07) is 4.12. The molecule has 2 nitrogen and oxygen atoms in total. The molecule has 0 atom stereocenters. The van der Waals surface area contributed by atoms with E-state index >= 15 is 0 Å². The van der Waals surface area contributed by atoms with Crippen molar-refractivity contribution in [1.29, 1.82) is 0 Å². The largest absolute Gasteiger partial charge is 0.389 e. The van der Waals surface area contributed by atoms with E-state index < -0.39 is 23.3 Å². The predicted octanol–water partition coefficient (Wildman–Crippen LogP) is 3.93. The molecule has 21 heavy (non-hydrogen) atoms. The first-order valence-electron chi connectivity index (χ1n) is 5.81. The Hall–Kier alpha value is -2.15. The molecular formula is C14H10F4N2S. The Morgan fingerprint density at radius 3 is 2.29 bits per heavy atom. The summed E-state index contributed by atoms with van der Waals surface area (Å²) in [4.78, 5) is -0.300. The number of thiocarbonyl (C=S) groups is 1. The monoisotopic (exact) mass is 314 g/mol. The molecule has 0 radical (unpaired) electrons. The van der Waals surface area contributed by atoms with E-state index in [0.717, 1.165) is 24.3 Å². The molecule has 0 aromatic heterocycles. The summed E-state index contributed by atoms with van der Waals surface area (Å²) in [6.07, 6.45) is 0. The quantitative estimate of drug-likeness (QED) is 0.666. The number of anilines is 2. The Kier molecular flexibility index (Phi) is 4.13. The first-order valence-corrected chi connectivity index (χ1v) is 6.22. The average molecular weight is 314 g/mol. The summed E-state index contributed by atoms with van der Waals surface area (Å²) in [5, 5.41) is 2.30. The lowest BCUT2D eigenvalue weighted by atomic mass is 10.1. The first kappa shape index (κ1) is 15.2. The van der Waals surface area contributed by atoms with E-state index in [1.165, 1.54) is 6.92 Å². The third-order valence-electron chi connectivity index (χ3n) is 2.87. The maximum Gasteiger partial charge on any atom is 0.182 e. The molecule has 0 aliphatic rings. The molecule has 3 N–H and O–H groups in total. The van der Waals surface area contributed by atoms with Gasteiger partial charge in [0.15, 0.2) is 11.6 Å². The van der Waals surface area contributed by atoms with Crippen LogP contribution in [0.25, 0.3) is 0 Å². The van der Waals surface area contributed by atoms with Crippen LogP contribution in [0.2, 0.25) is 0 Å². The summed E-state index contributed by atoms with van der Waals surface area (Å²) in [6.45, 7) is 1.39. The zero-order valence-corrected chi connectivity index (χ0v) is 11.6. The normalized spacial score (nSPS) is 10.5. The summed E-state index contributed by atoms with van der Waals surface area (Å²) >= 11 is 4.58. The van der Waals surface area contributed by atoms with E-state index in [9.17, 15) is 17.6 Å². The van der Waals surface area contributed by atoms with Crippen LogP contribution in [0.4, 0.5) is 28.9 Å². The molecule has 2 aromatic carbocycles. The molecule has 0 aliphatic carbocycles.